The van der Waals surface area contributed by atoms with Crippen LogP contribution in [-0.2, 0) is 4.79 Å². The molecule has 0 bridgehead atoms. The van der Waals surface area contributed by atoms with Gasteiger partial charge >= 0.3 is 0 Å². The van der Waals surface area contributed by atoms with E-state index in [1.165, 1.54) is 16.8 Å². The number of halogens is 1. The summed E-state index contributed by atoms with van der Waals surface area (Å²) in [5.41, 5.74) is 5.67. The second-order valence-electron chi connectivity index (χ2n) is 6.94. The number of nitrogens with one attached hydrogen (secondary N) is 1. The fraction of sp³-hybridized carbons (Fsp3) is 0.381. The van der Waals surface area contributed by atoms with Crippen LogP contribution in [0.25, 0.3) is 0 Å². The van der Waals surface area contributed by atoms with Crippen molar-refractivity contribution >= 4 is 28.9 Å². The second kappa shape index (κ2) is 8.11. The second-order valence-corrected chi connectivity index (χ2v) is 7.35. The van der Waals surface area contributed by atoms with Crippen molar-refractivity contribution in [3.05, 3.63) is 58.1 Å². The van der Waals surface area contributed by atoms with Crippen molar-refractivity contribution < 1.29 is 4.79 Å². The molecule has 5 heteroatoms. The number of aryl methyl sites for hydroxylation is 1. The lowest BCUT2D eigenvalue weighted by Gasteiger charge is -2.36. The predicted molar refractivity (Wildman–Crippen MR) is 109 cm³/mol. The molecule has 1 heterocycles. The van der Waals surface area contributed by atoms with Crippen molar-refractivity contribution in [3.8, 4) is 0 Å². The quantitative estimate of drug-likeness (QED) is 0.881. The Bertz CT molecular complexity index is 798. The third-order valence-corrected chi connectivity index (χ3v) is 5.61. The van der Waals surface area contributed by atoms with Gasteiger partial charge in [-0.25, -0.2) is 0 Å². The summed E-state index contributed by atoms with van der Waals surface area (Å²) in [6.07, 6.45) is 0. The van der Waals surface area contributed by atoms with Gasteiger partial charge in [-0.15, -0.1) is 0 Å². The highest BCUT2D eigenvalue weighted by molar-refractivity contribution is 6.31. The van der Waals surface area contributed by atoms with E-state index in [-0.39, 0.29) is 5.91 Å². The van der Waals surface area contributed by atoms with E-state index < -0.39 is 0 Å². The third kappa shape index (κ3) is 4.19. The molecule has 0 radical (unpaired) electrons. The maximum absolute atomic E-state index is 12.4. The zero-order valence-corrected chi connectivity index (χ0v) is 16.4. The highest BCUT2D eigenvalue weighted by Crippen LogP contribution is 2.24. The van der Waals surface area contributed by atoms with E-state index in [9.17, 15) is 4.79 Å². The normalized spacial score (nSPS) is 15.2. The average Bonchev–Trinajstić information content (AvgIpc) is 2.62. The van der Waals surface area contributed by atoms with Crippen molar-refractivity contribution in [1.29, 1.82) is 0 Å². The van der Waals surface area contributed by atoms with Crippen LogP contribution in [0.5, 0.6) is 0 Å². The number of anilines is 2. The van der Waals surface area contributed by atoms with Crippen LogP contribution in [0.1, 0.15) is 16.7 Å². The lowest BCUT2D eigenvalue weighted by molar-refractivity contribution is -0.117. The molecule has 0 unspecified atom stereocenters. The van der Waals surface area contributed by atoms with Gasteiger partial charge in [0.1, 0.15) is 0 Å². The summed E-state index contributed by atoms with van der Waals surface area (Å²) in [7, 11) is 0. The highest BCUT2D eigenvalue weighted by atomic mass is 35.5. The Kier molecular flexibility index (Phi) is 5.84. The molecule has 0 saturated carbocycles. The first-order chi connectivity index (χ1) is 12.5. The van der Waals surface area contributed by atoms with E-state index in [1.54, 1.807) is 0 Å². The van der Waals surface area contributed by atoms with Crippen LogP contribution in [-0.4, -0.2) is 43.5 Å². The average molecular weight is 372 g/mol. The van der Waals surface area contributed by atoms with Crippen LogP contribution < -0.4 is 10.2 Å². The number of hydrogen-bond acceptors (Lipinski definition) is 3. The molecule has 1 fully saturated rings. The summed E-state index contributed by atoms with van der Waals surface area (Å²) in [6, 6.07) is 12.0. The first kappa shape index (κ1) is 18.7. The van der Waals surface area contributed by atoms with Gasteiger partial charge in [-0.1, -0.05) is 29.8 Å². The van der Waals surface area contributed by atoms with E-state index in [4.69, 9.17) is 11.6 Å². The molecule has 1 amide bonds. The van der Waals surface area contributed by atoms with Gasteiger partial charge in [0.25, 0.3) is 0 Å². The zero-order chi connectivity index (χ0) is 18.7. The summed E-state index contributed by atoms with van der Waals surface area (Å²) in [5.74, 6) is 0.00977. The van der Waals surface area contributed by atoms with Gasteiger partial charge in [-0.05, 0) is 55.7 Å². The third-order valence-electron chi connectivity index (χ3n) is 5.20. The summed E-state index contributed by atoms with van der Waals surface area (Å²) >= 11 is 6.12. The Morgan fingerprint density at radius 2 is 1.69 bits per heavy atom. The van der Waals surface area contributed by atoms with Crippen molar-refractivity contribution in [2.45, 2.75) is 20.8 Å². The number of rotatable bonds is 4. The minimum absolute atomic E-state index is 0.00977. The Labute approximate surface area is 160 Å². The van der Waals surface area contributed by atoms with E-state index in [0.29, 0.717) is 11.6 Å². The van der Waals surface area contributed by atoms with Gasteiger partial charge in [-0.2, -0.15) is 0 Å². The van der Waals surface area contributed by atoms with E-state index in [1.807, 2.05) is 25.1 Å². The van der Waals surface area contributed by atoms with Crippen molar-refractivity contribution in [1.82, 2.24) is 4.90 Å². The summed E-state index contributed by atoms with van der Waals surface area (Å²) in [4.78, 5) is 17.0. The smallest absolute Gasteiger partial charge is 0.238 e. The van der Waals surface area contributed by atoms with Gasteiger partial charge < -0.3 is 10.2 Å². The predicted octanol–water partition coefficient (Wildman–Crippen LogP) is 4.03. The summed E-state index contributed by atoms with van der Waals surface area (Å²) < 4.78 is 0. The molecule has 3 rings (SSSR count). The van der Waals surface area contributed by atoms with Gasteiger partial charge in [0.2, 0.25) is 5.91 Å². The highest BCUT2D eigenvalue weighted by Gasteiger charge is 2.20. The lowest BCUT2D eigenvalue weighted by Crippen LogP contribution is -2.48. The number of amides is 1. The molecule has 1 N–H and O–H groups in total. The number of nitrogens with zero attached hydrogens (tertiary/aromatic N) is 2. The van der Waals surface area contributed by atoms with Gasteiger partial charge in [-0.3, -0.25) is 9.69 Å². The number of carbonyl (C=O) groups excluding carboxylic acids is 1. The first-order valence-electron chi connectivity index (χ1n) is 9.04. The minimum Gasteiger partial charge on any atom is -0.369 e. The molecule has 138 valence electrons. The van der Waals surface area contributed by atoms with Crippen LogP contribution in [0.4, 0.5) is 11.4 Å². The van der Waals surface area contributed by atoms with Crippen molar-refractivity contribution in [2.24, 2.45) is 0 Å². The molecule has 2 aromatic rings. The molecule has 0 spiro atoms. The first-order valence-corrected chi connectivity index (χ1v) is 9.42. The Morgan fingerprint density at radius 3 is 2.42 bits per heavy atom. The standard InChI is InChI=1S/C21H26ClN3O/c1-15-6-4-9-20(16(15)2)25-12-10-24(11-13-25)14-21(26)23-19-8-5-7-18(22)17(19)3/h4-9H,10-14H2,1-3H3,(H,23,26). The number of carbonyl (C=O) groups is 1. The van der Waals surface area contributed by atoms with E-state index in [2.05, 4.69) is 47.2 Å². The molecular formula is C21H26ClN3O. The van der Waals surface area contributed by atoms with Crippen molar-refractivity contribution in [3.63, 3.8) is 0 Å². The van der Waals surface area contributed by atoms with Crippen LogP contribution in [0.3, 0.4) is 0 Å². The molecule has 4 nitrogen and oxygen atoms in total. The maximum atomic E-state index is 12.4. The minimum atomic E-state index is 0.00977. The van der Waals surface area contributed by atoms with Crippen LogP contribution in [0, 0.1) is 20.8 Å². The van der Waals surface area contributed by atoms with Gasteiger partial charge in [0.15, 0.2) is 0 Å². The monoisotopic (exact) mass is 371 g/mol. The van der Waals surface area contributed by atoms with Gasteiger partial charge in [0, 0.05) is 42.6 Å². The zero-order valence-electron chi connectivity index (χ0n) is 15.7. The molecular weight excluding hydrogens is 346 g/mol. The molecule has 2 aromatic carbocycles. The number of benzene rings is 2. The topological polar surface area (TPSA) is 35.6 Å². The largest absolute Gasteiger partial charge is 0.369 e. The fourth-order valence-electron chi connectivity index (χ4n) is 3.36. The maximum Gasteiger partial charge on any atom is 0.238 e. The van der Waals surface area contributed by atoms with Crippen LogP contribution >= 0.6 is 11.6 Å². The number of piperazine rings is 1. The molecule has 26 heavy (non-hydrogen) atoms. The van der Waals surface area contributed by atoms with Gasteiger partial charge in [0.05, 0.1) is 6.54 Å². The molecule has 0 aliphatic carbocycles. The molecule has 0 aromatic heterocycles. The molecule has 1 saturated heterocycles. The van der Waals surface area contributed by atoms with Crippen molar-refractivity contribution in [2.75, 3.05) is 42.9 Å². The van der Waals surface area contributed by atoms with Crippen LogP contribution in [0.2, 0.25) is 5.02 Å². The molecule has 1 aliphatic heterocycles. The SMILES string of the molecule is Cc1cccc(N2CCN(CC(=O)Nc3cccc(Cl)c3C)CC2)c1C. The Balaban J connectivity index is 1.54. The molecule has 1 aliphatic rings. The summed E-state index contributed by atoms with van der Waals surface area (Å²) in [6.45, 7) is 10.3. The molecule has 0 atom stereocenters. The Hall–Kier alpha value is -2.04. The van der Waals surface area contributed by atoms with Crippen LogP contribution in [0.15, 0.2) is 36.4 Å². The van der Waals surface area contributed by atoms with E-state index in [0.717, 1.165) is 37.4 Å². The fourth-order valence-corrected chi connectivity index (χ4v) is 3.54. The summed E-state index contributed by atoms with van der Waals surface area (Å²) in [5, 5.41) is 3.65. The van der Waals surface area contributed by atoms with E-state index >= 15 is 0 Å². The Morgan fingerprint density at radius 1 is 1.00 bits per heavy atom. The lowest BCUT2D eigenvalue weighted by atomic mass is 10.1. The number of hydrogen-bond donors (Lipinski definition) is 1.